The van der Waals surface area contributed by atoms with Gasteiger partial charge in [0, 0.05) is 19.1 Å². The molecule has 0 amide bonds. The first-order chi connectivity index (χ1) is 9.15. The predicted octanol–water partition coefficient (Wildman–Crippen LogP) is 4.07. The number of nitrogens with one attached hydrogen (secondary N) is 1. The molecule has 1 saturated carbocycles. The van der Waals surface area contributed by atoms with Crippen LogP contribution in [0.4, 0.5) is 5.95 Å². The van der Waals surface area contributed by atoms with Crippen molar-refractivity contribution in [3.05, 3.63) is 4.77 Å². The Morgan fingerprint density at radius 3 is 2.74 bits per heavy atom. The molecule has 0 bridgehead atoms. The van der Waals surface area contributed by atoms with Crippen LogP contribution in [0, 0.1) is 4.77 Å². The third-order valence-electron chi connectivity index (χ3n) is 4.31. The van der Waals surface area contributed by atoms with E-state index in [-0.39, 0.29) is 0 Å². The van der Waals surface area contributed by atoms with Gasteiger partial charge in [-0.05, 0) is 38.4 Å². The van der Waals surface area contributed by atoms with Gasteiger partial charge in [0.15, 0.2) is 4.77 Å². The van der Waals surface area contributed by atoms with Crippen molar-refractivity contribution >= 4 is 18.2 Å². The second-order valence-corrected chi connectivity index (χ2v) is 6.13. The summed E-state index contributed by atoms with van der Waals surface area (Å²) in [6.07, 6.45) is 8.82. The van der Waals surface area contributed by atoms with Crippen LogP contribution in [-0.4, -0.2) is 27.9 Å². The zero-order valence-corrected chi connectivity index (χ0v) is 13.2. The monoisotopic (exact) mass is 282 g/mol. The van der Waals surface area contributed by atoms with Crippen LogP contribution in [0.15, 0.2) is 0 Å². The number of H-pyrrole nitrogens is 1. The van der Waals surface area contributed by atoms with Crippen molar-refractivity contribution in [1.82, 2.24) is 14.8 Å². The van der Waals surface area contributed by atoms with Crippen LogP contribution in [0.2, 0.25) is 0 Å². The molecule has 0 radical (unpaired) electrons. The third kappa shape index (κ3) is 3.19. The fraction of sp³-hybridized carbons (Fsp3) is 0.857. The molecule has 1 N–H and O–H groups in total. The molecule has 1 fully saturated rings. The van der Waals surface area contributed by atoms with Gasteiger partial charge in [-0.25, -0.2) is 5.10 Å². The van der Waals surface area contributed by atoms with Crippen molar-refractivity contribution in [1.29, 1.82) is 0 Å². The Hall–Kier alpha value is -0.840. The molecule has 0 aromatic carbocycles. The number of rotatable bonds is 5. The summed E-state index contributed by atoms with van der Waals surface area (Å²) in [5.74, 6) is 1.01. The van der Waals surface area contributed by atoms with E-state index in [0.29, 0.717) is 12.1 Å². The lowest BCUT2D eigenvalue weighted by molar-refractivity contribution is 0.349. The largest absolute Gasteiger partial charge is 0.341 e. The van der Waals surface area contributed by atoms with Gasteiger partial charge in [-0.1, -0.05) is 32.6 Å². The lowest BCUT2D eigenvalue weighted by Crippen LogP contribution is -2.32. The number of hydrogen-bond acceptors (Lipinski definition) is 3. The zero-order chi connectivity index (χ0) is 13.8. The Labute approximate surface area is 121 Å². The molecule has 0 saturated heterocycles. The van der Waals surface area contributed by atoms with Gasteiger partial charge in [-0.2, -0.15) is 0 Å². The molecule has 1 aromatic heterocycles. The van der Waals surface area contributed by atoms with Crippen LogP contribution in [0.25, 0.3) is 0 Å². The van der Waals surface area contributed by atoms with E-state index in [2.05, 4.69) is 40.6 Å². The number of aromatic amines is 1. The summed E-state index contributed by atoms with van der Waals surface area (Å²) in [7, 11) is 2.13. The number of nitrogens with zero attached hydrogens (tertiary/aromatic N) is 3. The van der Waals surface area contributed by atoms with Gasteiger partial charge in [-0.15, -0.1) is 5.10 Å². The fourth-order valence-electron chi connectivity index (χ4n) is 3.02. The molecule has 2 rings (SSSR count). The van der Waals surface area contributed by atoms with Crippen LogP contribution in [0.1, 0.15) is 64.8 Å². The summed E-state index contributed by atoms with van der Waals surface area (Å²) in [5, 5.41) is 7.45. The van der Waals surface area contributed by atoms with Gasteiger partial charge in [0.05, 0.1) is 0 Å². The number of hydrogen-bond donors (Lipinski definition) is 1. The summed E-state index contributed by atoms with van der Waals surface area (Å²) in [4.78, 5) is 2.27. The quantitative estimate of drug-likeness (QED) is 0.827. The van der Waals surface area contributed by atoms with Crippen molar-refractivity contribution in [3.8, 4) is 0 Å². The Kier molecular flexibility index (Phi) is 5.02. The molecule has 4 nitrogen and oxygen atoms in total. The molecular weight excluding hydrogens is 256 g/mol. The van der Waals surface area contributed by atoms with Gasteiger partial charge in [0.2, 0.25) is 5.95 Å². The zero-order valence-electron chi connectivity index (χ0n) is 12.4. The number of aromatic nitrogens is 3. The van der Waals surface area contributed by atoms with Crippen molar-refractivity contribution in [2.75, 3.05) is 11.9 Å². The molecule has 0 aliphatic heterocycles. The summed E-state index contributed by atoms with van der Waals surface area (Å²) >= 11 is 5.44. The van der Waals surface area contributed by atoms with E-state index in [0.717, 1.165) is 10.7 Å². The van der Waals surface area contributed by atoms with Gasteiger partial charge in [-0.3, -0.25) is 4.57 Å². The standard InChI is InChI=1S/C14H26N4S/c1-4-8-11(2)17(3)13-15-16-14(19)18(13)12-9-6-5-7-10-12/h11-12H,4-10H2,1-3H3,(H,16,19). The van der Waals surface area contributed by atoms with Crippen molar-refractivity contribution in [2.45, 2.75) is 70.9 Å². The minimum absolute atomic E-state index is 0.498. The Morgan fingerprint density at radius 1 is 1.42 bits per heavy atom. The van der Waals surface area contributed by atoms with E-state index in [1.54, 1.807) is 0 Å². The van der Waals surface area contributed by atoms with Gasteiger partial charge >= 0.3 is 0 Å². The highest BCUT2D eigenvalue weighted by molar-refractivity contribution is 7.71. The predicted molar refractivity (Wildman–Crippen MR) is 82.3 cm³/mol. The van der Waals surface area contributed by atoms with Crippen molar-refractivity contribution in [2.24, 2.45) is 0 Å². The van der Waals surface area contributed by atoms with Gasteiger partial charge in [0.1, 0.15) is 0 Å². The normalized spacial score (nSPS) is 18.5. The highest BCUT2D eigenvalue weighted by Gasteiger charge is 2.23. The third-order valence-corrected chi connectivity index (χ3v) is 4.60. The van der Waals surface area contributed by atoms with Crippen LogP contribution >= 0.6 is 12.2 Å². The topological polar surface area (TPSA) is 36.9 Å². The van der Waals surface area contributed by atoms with Crippen molar-refractivity contribution < 1.29 is 0 Å². The molecule has 1 aliphatic rings. The van der Waals surface area contributed by atoms with Crippen LogP contribution in [0.3, 0.4) is 0 Å². The second-order valence-electron chi connectivity index (χ2n) is 5.74. The van der Waals surface area contributed by atoms with Gasteiger partial charge in [0.25, 0.3) is 0 Å². The second kappa shape index (κ2) is 6.55. The first-order valence-electron chi connectivity index (χ1n) is 7.54. The van der Waals surface area contributed by atoms with Crippen LogP contribution in [-0.2, 0) is 0 Å². The number of anilines is 1. The molecule has 1 unspecified atom stereocenters. The highest BCUT2D eigenvalue weighted by Crippen LogP contribution is 2.31. The minimum atomic E-state index is 0.498. The molecule has 1 aliphatic carbocycles. The first-order valence-corrected chi connectivity index (χ1v) is 7.95. The van der Waals surface area contributed by atoms with Crippen LogP contribution < -0.4 is 4.90 Å². The Balaban J connectivity index is 2.23. The Bertz CT molecular complexity index is 445. The molecule has 1 atom stereocenters. The molecule has 0 spiro atoms. The molecule has 5 heteroatoms. The molecule has 19 heavy (non-hydrogen) atoms. The smallest absolute Gasteiger partial charge is 0.225 e. The van der Waals surface area contributed by atoms with Crippen LogP contribution in [0.5, 0.6) is 0 Å². The molecule has 108 valence electrons. The average Bonchev–Trinajstić information content (AvgIpc) is 2.81. The van der Waals surface area contributed by atoms with Gasteiger partial charge < -0.3 is 4.90 Å². The minimum Gasteiger partial charge on any atom is -0.341 e. The lowest BCUT2D eigenvalue weighted by Gasteiger charge is -2.30. The van der Waals surface area contributed by atoms with E-state index in [1.165, 1.54) is 44.9 Å². The summed E-state index contributed by atoms with van der Waals surface area (Å²) in [5.41, 5.74) is 0. The van der Waals surface area contributed by atoms with E-state index in [1.807, 2.05) is 0 Å². The summed E-state index contributed by atoms with van der Waals surface area (Å²) in [6.45, 7) is 4.48. The SMILES string of the molecule is CCCC(C)N(C)c1n[nH]c(=S)n1C1CCCCC1. The summed E-state index contributed by atoms with van der Waals surface area (Å²) in [6, 6.07) is 1.03. The summed E-state index contributed by atoms with van der Waals surface area (Å²) < 4.78 is 3.03. The van der Waals surface area contributed by atoms with E-state index < -0.39 is 0 Å². The maximum atomic E-state index is 5.44. The van der Waals surface area contributed by atoms with E-state index in [9.17, 15) is 0 Å². The maximum absolute atomic E-state index is 5.44. The maximum Gasteiger partial charge on any atom is 0.225 e. The van der Waals surface area contributed by atoms with E-state index in [4.69, 9.17) is 12.2 Å². The van der Waals surface area contributed by atoms with Crippen molar-refractivity contribution in [3.63, 3.8) is 0 Å². The molecule has 1 heterocycles. The molecule has 1 aromatic rings. The average molecular weight is 282 g/mol. The lowest BCUT2D eigenvalue weighted by atomic mass is 9.95. The Morgan fingerprint density at radius 2 is 2.11 bits per heavy atom. The fourth-order valence-corrected chi connectivity index (χ4v) is 3.30. The first kappa shape index (κ1) is 14.6. The highest BCUT2D eigenvalue weighted by atomic mass is 32.1. The van der Waals surface area contributed by atoms with E-state index >= 15 is 0 Å². The molecular formula is C14H26N4S.